The summed E-state index contributed by atoms with van der Waals surface area (Å²) in [5, 5.41) is 6.37. The maximum Gasteiger partial charge on any atom is 0.292 e. The number of carbonyl (C=O) groups is 1. The molecule has 3 heterocycles. The van der Waals surface area contributed by atoms with Gasteiger partial charge in [0.1, 0.15) is 5.56 Å². The van der Waals surface area contributed by atoms with E-state index in [-0.39, 0.29) is 22.8 Å². The maximum absolute atomic E-state index is 12.0. The van der Waals surface area contributed by atoms with Crippen molar-refractivity contribution in [1.29, 1.82) is 0 Å². The summed E-state index contributed by atoms with van der Waals surface area (Å²) >= 11 is 0. The van der Waals surface area contributed by atoms with E-state index in [1.807, 2.05) is 0 Å². The first-order valence-corrected chi connectivity index (χ1v) is 7.84. The molecular formula is C15H19N5O4. The normalized spacial score (nSPS) is 15.3. The molecule has 0 saturated carbocycles. The van der Waals surface area contributed by atoms with Crippen LogP contribution in [0.2, 0.25) is 0 Å². The Morgan fingerprint density at radius 2 is 2.21 bits per heavy atom. The number of amides is 1. The first-order valence-electron chi connectivity index (χ1n) is 7.84. The standard InChI is InChI=1S/C15H19N5O4/c21-13-11(3-1-4-16-13)15-18-12(19-24-15)14(22)17-5-2-6-20-7-9-23-10-8-20/h1,3-4H,2,5-10H2,(H,16,21)(H,17,22). The molecular weight excluding hydrogens is 314 g/mol. The monoisotopic (exact) mass is 333 g/mol. The first kappa shape index (κ1) is 16.3. The van der Waals surface area contributed by atoms with Gasteiger partial charge in [0, 0.05) is 25.8 Å². The third kappa shape index (κ3) is 4.06. The Morgan fingerprint density at radius 3 is 3.00 bits per heavy atom. The van der Waals surface area contributed by atoms with E-state index in [0.29, 0.717) is 6.54 Å². The van der Waals surface area contributed by atoms with Crippen LogP contribution in [0, 0.1) is 0 Å². The molecule has 0 radical (unpaired) electrons. The van der Waals surface area contributed by atoms with Crippen molar-refractivity contribution in [3.8, 4) is 11.5 Å². The van der Waals surface area contributed by atoms with E-state index < -0.39 is 5.91 Å². The van der Waals surface area contributed by atoms with E-state index in [0.717, 1.165) is 39.3 Å². The minimum Gasteiger partial charge on any atom is -0.379 e. The Hall–Kier alpha value is -2.52. The van der Waals surface area contributed by atoms with Crippen molar-refractivity contribution in [2.75, 3.05) is 39.4 Å². The molecule has 128 valence electrons. The van der Waals surface area contributed by atoms with Crippen molar-refractivity contribution in [3.05, 3.63) is 34.5 Å². The number of nitrogens with zero attached hydrogens (tertiary/aromatic N) is 3. The number of pyridine rings is 1. The molecule has 1 saturated heterocycles. The summed E-state index contributed by atoms with van der Waals surface area (Å²) in [5.41, 5.74) is -0.116. The third-order valence-corrected chi connectivity index (χ3v) is 3.72. The quantitative estimate of drug-likeness (QED) is 0.708. The lowest BCUT2D eigenvalue weighted by Crippen LogP contribution is -2.38. The van der Waals surface area contributed by atoms with Crippen LogP contribution in [-0.4, -0.2) is 65.3 Å². The van der Waals surface area contributed by atoms with Gasteiger partial charge in [-0.05, 0) is 25.1 Å². The maximum atomic E-state index is 12.0. The van der Waals surface area contributed by atoms with Crippen molar-refractivity contribution < 1.29 is 14.1 Å². The van der Waals surface area contributed by atoms with Crippen molar-refractivity contribution in [3.63, 3.8) is 0 Å². The van der Waals surface area contributed by atoms with E-state index in [4.69, 9.17) is 9.26 Å². The molecule has 1 fully saturated rings. The van der Waals surface area contributed by atoms with Crippen LogP contribution in [0.25, 0.3) is 11.5 Å². The van der Waals surface area contributed by atoms with E-state index in [1.165, 1.54) is 6.20 Å². The molecule has 1 amide bonds. The zero-order valence-electron chi connectivity index (χ0n) is 13.2. The Balaban J connectivity index is 1.49. The average Bonchev–Trinajstić information content (AvgIpc) is 3.10. The van der Waals surface area contributed by atoms with Crippen LogP contribution in [0.15, 0.2) is 27.6 Å². The minimum absolute atomic E-state index is 0.0234. The molecule has 3 rings (SSSR count). The van der Waals surface area contributed by atoms with Crippen molar-refractivity contribution >= 4 is 5.91 Å². The number of ether oxygens (including phenoxy) is 1. The van der Waals surface area contributed by atoms with Gasteiger partial charge in [-0.15, -0.1) is 0 Å². The topological polar surface area (TPSA) is 113 Å². The van der Waals surface area contributed by atoms with Gasteiger partial charge in [-0.25, -0.2) is 0 Å². The fourth-order valence-electron chi connectivity index (χ4n) is 2.42. The van der Waals surface area contributed by atoms with Crippen LogP contribution in [0.1, 0.15) is 17.0 Å². The number of hydrogen-bond acceptors (Lipinski definition) is 7. The molecule has 1 aliphatic rings. The van der Waals surface area contributed by atoms with Crippen LogP contribution in [0.5, 0.6) is 0 Å². The molecule has 1 aliphatic heterocycles. The molecule has 9 heteroatoms. The lowest BCUT2D eigenvalue weighted by Gasteiger charge is -2.26. The van der Waals surface area contributed by atoms with Gasteiger partial charge in [0.25, 0.3) is 23.2 Å². The van der Waals surface area contributed by atoms with Crippen molar-refractivity contribution in [2.24, 2.45) is 0 Å². The summed E-state index contributed by atoms with van der Waals surface area (Å²) < 4.78 is 10.3. The van der Waals surface area contributed by atoms with Gasteiger partial charge < -0.3 is 19.6 Å². The highest BCUT2D eigenvalue weighted by atomic mass is 16.5. The highest BCUT2D eigenvalue weighted by Crippen LogP contribution is 2.11. The molecule has 2 aromatic heterocycles. The highest BCUT2D eigenvalue weighted by molar-refractivity contribution is 5.90. The van der Waals surface area contributed by atoms with E-state index in [2.05, 4.69) is 25.3 Å². The molecule has 0 aromatic carbocycles. The average molecular weight is 333 g/mol. The van der Waals surface area contributed by atoms with Gasteiger partial charge in [0.05, 0.1) is 13.2 Å². The molecule has 0 unspecified atom stereocenters. The number of hydrogen-bond donors (Lipinski definition) is 2. The second-order valence-electron chi connectivity index (χ2n) is 5.40. The summed E-state index contributed by atoms with van der Waals surface area (Å²) in [6.07, 6.45) is 2.33. The highest BCUT2D eigenvalue weighted by Gasteiger charge is 2.17. The van der Waals surface area contributed by atoms with Gasteiger partial charge in [-0.2, -0.15) is 4.98 Å². The van der Waals surface area contributed by atoms with Gasteiger partial charge in [0.15, 0.2) is 0 Å². The molecule has 2 aromatic rings. The van der Waals surface area contributed by atoms with Crippen LogP contribution < -0.4 is 10.9 Å². The number of aromatic nitrogens is 3. The molecule has 0 atom stereocenters. The number of carbonyl (C=O) groups excluding carboxylic acids is 1. The van der Waals surface area contributed by atoms with Crippen LogP contribution >= 0.6 is 0 Å². The molecule has 9 nitrogen and oxygen atoms in total. The van der Waals surface area contributed by atoms with Gasteiger partial charge >= 0.3 is 0 Å². The van der Waals surface area contributed by atoms with Gasteiger partial charge in [-0.1, -0.05) is 5.16 Å². The second kappa shape index (κ2) is 7.84. The summed E-state index contributed by atoms with van der Waals surface area (Å²) in [6.45, 7) is 4.79. The predicted molar refractivity (Wildman–Crippen MR) is 84.6 cm³/mol. The zero-order chi connectivity index (χ0) is 16.8. The fourth-order valence-corrected chi connectivity index (χ4v) is 2.42. The number of H-pyrrole nitrogens is 1. The molecule has 2 N–H and O–H groups in total. The largest absolute Gasteiger partial charge is 0.379 e. The Morgan fingerprint density at radius 1 is 1.38 bits per heavy atom. The number of nitrogens with one attached hydrogen (secondary N) is 2. The summed E-state index contributed by atoms with van der Waals surface area (Å²) in [4.78, 5) is 32.5. The van der Waals surface area contributed by atoms with Crippen LogP contribution in [0.3, 0.4) is 0 Å². The SMILES string of the molecule is O=C(NCCCN1CCOCC1)c1noc(-c2ccc[nH]c2=O)n1. The van der Waals surface area contributed by atoms with Crippen LogP contribution in [-0.2, 0) is 4.74 Å². The predicted octanol–water partition coefficient (Wildman–Crippen LogP) is -0.123. The molecule has 0 spiro atoms. The smallest absolute Gasteiger partial charge is 0.292 e. The van der Waals surface area contributed by atoms with Crippen molar-refractivity contribution in [1.82, 2.24) is 25.3 Å². The van der Waals surface area contributed by atoms with E-state index >= 15 is 0 Å². The van der Waals surface area contributed by atoms with Crippen LogP contribution in [0.4, 0.5) is 0 Å². The molecule has 24 heavy (non-hydrogen) atoms. The summed E-state index contributed by atoms with van der Waals surface area (Å²) in [7, 11) is 0. The van der Waals surface area contributed by atoms with E-state index in [9.17, 15) is 9.59 Å². The number of rotatable bonds is 6. The van der Waals surface area contributed by atoms with Crippen molar-refractivity contribution in [2.45, 2.75) is 6.42 Å². The van der Waals surface area contributed by atoms with Gasteiger partial charge in [-0.3, -0.25) is 14.5 Å². The van der Waals surface area contributed by atoms with E-state index in [1.54, 1.807) is 12.1 Å². The Labute approximate surface area is 138 Å². The number of aromatic amines is 1. The molecule has 0 aliphatic carbocycles. The summed E-state index contributed by atoms with van der Waals surface area (Å²) in [6, 6.07) is 3.20. The first-order chi connectivity index (χ1) is 11.7. The number of morpholine rings is 1. The third-order valence-electron chi connectivity index (χ3n) is 3.72. The molecule has 0 bridgehead atoms. The lowest BCUT2D eigenvalue weighted by atomic mass is 10.3. The van der Waals surface area contributed by atoms with Gasteiger partial charge in [0.2, 0.25) is 0 Å². The Bertz CT molecular complexity index is 735. The minimum atomic E-state index is -0.417. The zero-order valence-corrected chi connectivity index (χ0v) is 13.2. The summed E-state index contributed by atoms with van der Waals surface area (Å²) in [5.74, 6) is -0.478. The Kier molecular flexibility index (Phi) is 5.34. The fraction of sp³-hybridized carbons (Fsp3) is 0.467. The lowest BCUT2D eigenvalue weighted by molar-refractivity contribution is 0.0374. The second-order valence-corrected chi connectivity index (χ2v) is 5.40.